The van der Waals surface area contributed by atoms with Crippen LogP contribution in [0.1, 0.15) is 81.5 Å². The van der Waals surface area contributed by atoms with Crippen molar-refractivity contribution in [1.29, 1.82) is 0 Å². The molecule has 0 saturated carbocycles. The first-order chi connectivity index (χ1) is 17.3. The van der Waals surface area contributed by atoms with Gasteiger partial charge in [-0.1, -0.05) is 95.6 Å². The summed E-state index contributed by atoms with van der Waals surface area (Å²) >= 11 is 6.33. The SMILES string of the molecule is CCCCCCCCOc1ccc(OC(=O)c2ccc(OCCCCCC[Si](C)(C)C)cc2)c(Cl)c1. The molecule has 0 fully saturated rings. The first-order valence-electron chi connectivity index (χ1n) is 13.7. The monoisotopic (exact) mass is 532 g/mol. The summed E-state index contributed by atoms with van der Waals surface area (Å²) in [6.45, 7) is 10.8. The van der Waals surface area contributed by atoms with Crippen molar-refractivity contribution in [3.63, 3.8) is 0 Å². The van der Waals surface area contributed by atoms with Gasteiger partial charge in [-0.2, -0.15) is 0 Å². The molecule has 0 aromatic heterocycles. The normalized spacial score (nSPS) is 11.4. The fraction of sp³-hybridized carbons (Fsp3) is 0.567. The number of hydrogen-bond donors (Lipinski definition) is 0. The van der Waals surface area contributed by atoms with Crippen LogP contribution in [0.3, 0.4) is 0 Å². The number of ether oxygens (including phenoxy) is 3. The van der Waals surface area contributed by atoms with E-state index < -0.39 is 14.0 Å². The van der Waals surface area contributed by atoms with Crippen LogP contribution in [-0.2, 0) is 0 Å². The topological polar surface area (TPSA) is 44.8 Å². The average Bonchev–Trinajstić information content (AvgIpc) is 2.84. The summed E-state index contributed by atoms with van der Waals surface area (Å²) in [7, 11) is -0.917. The molecule has 2 aromatic rings. The molecule has 0 atom stereocenters. The zero-order chi connectivity index (χ0) is 26.2. The van der Waals surface area contributed by atoms with Crippen LogP contribution in [0.5, 0.6) is 17.2 Å². The second-order valence-corrected chi connectivity index (χ2v) is 16.7. The van der Waals surface area contributed by atoms with Gasteiger partial charge in [0.05, 0.1) is 23.8 Å². The molecule has 0 heterocycles. The number of halogens is 1. The minimum absolute atomic E-state index is 0.322. The number of unbranched alkanes of at least 4 members (excludes halogenated alkanes) is 8. The summed E-state index contributed by atoms with van der Waals surface area (Å²) in [5.74, 6) is 1.32. The lowest BCUT2D eigenvalue weighted by Crippen LogP contribution is -2.18. The minimum Gasteiger partial charge on any atom is -0.494 e. The molecule has 200 valence electrons. The highest BCUT2D eigenvalue weighted by molar-refractivity contribution is 6.76. The Morgan fingerprint density at radius 2 is 1.31 bits per heavy atom. The summed E-state index contributed by atoms with van der Waals surface area (Å²) in [5, 5.41) is 0.355. The predicted molar refractivity (Wildman–Crippen MR) is 154 cm³/mol. The second-order valence-electron chi connectivity index (χ2n) is 10.7. The maximum absolute atomic E-state index is 12.6. The smallest absolute Gasteiger partial charge is 0.343 e. The first-order valence-corrected chi connectivity index (χ1v) is 17.7. The molecule has 36 heavy (non-hydrogen) atoms. The average molecular weight is 533 g/mol. The van der Waals surface area contributed by atoms with E-state index in [1.807, 2.05) is 12.1 Å². The van der Waals surface area contributed by atoms with Crippen LogP contribution in [0.4, 0.5) is 0 Å². The zero-order valence-electron chi connectivity index (χ0n) is 22.7. The van der Waals surface area contributed by atoms with Gasteiger partial charge in [-0.3, -0.25) is 0 Å². The van der Waals surface area contributed by atoms with Gasteiger partial charge in [-0.15, -0.1) is 0 Å². The van der Waals surface area contributed by atoms with Gasteiger partial charge in [0.1, 0.15) is 17.2 Å². The molecule has 0 bridgehead atoms. The lowest BCUT2D eigenvalue weighted by molar-refractivity contribution is 0.0734. The van der Waals surface area contributed by atoms with E-state index in [1.54, 1.807) is 30.3 Å². The molecule has 0 aliphatic heterocycles. The fourth-order valence-corrected chi connectivity index (χ4v) is 5.39. The molecule has 2 aromatic carbocycles. The molecular weight excluding hydrogens is 488 g/mol. The number of hydrogen-bond acceptors (Lipinski definition) is 4. The molecule has 0 spiro atoms. The molecule has 2 rings (SSSR count). The lowest BCUT2D eigenvalue weighted by Gasteiger charge is -2.14. The maximum atomic E-state index is 12.6. The van der Waals surface area contributed by atoms with Crippen molar-refractivity contribution < 1.29 is 19.0 Å². The van der Waals surface area contributed by atoms with Gasteiger partial charge in [0, 0.05) is 14.1 Å². The van der Waals surface area contributed by atoms with Gasteiger partial charge in [0.2, 0.25) is 0 Å². The van der Waals surface area contributed by atoms with Crippen LogP contribution in [0.15, 0.2) is 42.5 Å². The number of benzene rings is 2. The predicted octanol–water partition coefficient (Wildman–Crippen LogP) is 9.58. The van der Waals surface area contributed by atoms with Crippen LogP contribution in [-0.4, -0.2) is 27.3 Å². The van der Waals surface area contributed by atoms with E-state index >= 15 is 0 Å². The molecule has 0 amide bonds. The van der Waals surface area contributed by atoms with E-state index in [1.165, 1.54) is 57.4 Å². The standard InChI is InChI=1S/C30H45ClO4Si/c1-5-6-7-8-9-12-22-34-27-19-20-29(28(31)24-27)35-30(32)25-15-17-26(18-16-25)33-21-13-10-11-14-23-36(2,3)4/h15-20,24H,5-14,21-23H2,1-4H3. The van der Waals surface area contributed by atoms with Crippen LogP contribution in [0, 0.1) is 0 Å². The molecule has 0 aliphatic carbocycles. The van der Waals surface area contributed by atoms with Crippen molar-refractivity contribution in [2.24, 2.45) is 0 Å². The number of rotatable bonds is 18. The first kappa shape index (κ1) is 30.2. The number of carbonyl (C=O) groups excluding carboxylic acids is 1. The van der Waals surface area contributed by atoms with Gasteiger partial charge in [0.15, 0.2) is 0 Å². The summed E-state index contributed by atoms with van der Waals surface area (Å²) in [6.07, 6.45) is 12.1. The second kappa shape index (κ2) is 16.7. The molecule has 0 N–H and O–H groups in total. The number of esters is 1. The summed E-state index contributed by atoms with van der Waals surface area (Å²) in [6, 6.07) is 13.6. The summed E-state index contributed by atoms with van der Waals surface area (Å²) < 4.78 is 17.1. The van der Waals surface area contributed by atoms with Gasteiger partial charge in [-0.25, -0.2) is 4.79 Å². The third kappa shape index (κ3) is 12.8. The van der Waals surface area contributed by atoms with Crippen molar-refractivity contribution in [2.45, 2.75) is 96.8 Å². The molecule has 0 saturated heterocycles. The maximum Gasteiger partial charge on any atom is 0.343 e. The molecule has 4 nitrogen and oxygen atoms in total. The fourth-order valence-electron chi connectivity index (χ4n) is 3.87. The van der Waals surface area contributed by atoms with Gasteiger partial charge in [0.25, 0.3) is 0 Å². The van der Waals surface area contributed by atoms with Crippen LogP contribution in [0.25, 0.3) is 0 Å². The van der Waals surface area contributed by atoms with Gasteiger partial charge >= 0.3 is 5.97 Å². The zero-order valence-corrected chi connectivity index (χ0v) is 24.5. The van der Waals surface area contributed by atoms with Crippen molar-refractivity contribution >= 4 is 25.6 Å². The van der Waals surface area contributed by atoms with Crippen molar-refractivity contribution in [3.8, 4) is 17.2 Å². The lowest BCUT2D eigenvalue weighted by atomic mass is 10.1. The van der Waals surface area contributed by atoms with E-state index in [2.05, 4.69) is 26.6 Å². The third-order valence-corrected chi connectivity index (χ3v) is 8.20. The highest BCUT2D eigenvalue weighted by Crippen LogP contribution is 2.30. The Morgan fingerprint density at radius 1 is 0.750 bits per heavy atom. The third-order valence-electron chi connectivity index (χ3n) is 6.05. The Bertz CT molecular complexity index is 893. The summed E-state index contributed by atoms with van der Waals surface area (Å²) in [5.41, 5.74) is 0.452. The van der Waals surface area contributed by atoms with Crippen molar-refractivity contribution in [1.82, 2.24) is 0 Å². The molecule has 0 unspecified atom stereocenters. The van der Waals surface area contributed by atoms with Gasteiger partial charge < -0.3 is 14.2 Å². The van der Waals surface area contributed by atoms with Crippen LogP contribution in [0.2, 0.25) is 30.7 Å². The van der Waals surface area contributed by atoms with E-state index in [4.69, 9.17) is 25.8 Å². The largest absolute Gasteiger partial charge is 0.494 e. The molecule has 0 radical (unpaired) electrons. The Labute approximate surface area is 224 Å². The molecule has 6 heteroatoms. The summed E-state index contributed by atoms with van der Waals surface area (Å²) in [4.78, 5) is 12.6. The highest BCUT2D eigenvalue weighted by Gasteiger charge is 2.13. The van der Waals surface area contributed by atoms with Crippen molar-refractivity contribution in [2.75, 3.05) is 13.2 Å². The van der Waals surface area contributed by atoms with E-state index in [9.17, 15) is 4.79 Å². The van der Waals surface area contributed by atoms with E-state index in [0.29, 0.717) is 35.3 Å². The quantitative estimate of drug-likeness (QED) is 0.0829. The van der Waals surface area contributed by atoms with Crippen LogP contribution >= 0.6 is 11.6 Å². The van der Waals surface area contributed by atoms with Crippen molar-refractivity contribution in [3.05, 3.63) is 53.1 Å². The molecule has 0 aliphatic rings. The highest BCUT2D eigenvalue weighted by atomic mass is 35.5. The van der Waals surface area contributed by atoms with Gasteiger partial charge in [-0.05, 0) is 49.2 Å². The van der Waals surface area contributed by atoms with E-state index in [-0.39, 0.29) is 0 Å². The Morgan fingerprint density at radius 3 is 1.92 bits per heavy atom. The Hall–Kier alpha value is -1.98. The Kier molecular flexibility index (Phi) is 14.0. The Balaban J connectivity index is 1.69. The number of carbonyl (C=O) groups is 1. The minimum atomic E-state index is -0.917. The molecular formula is C30H45ClO4Si. The van der Waals surface area contributed by atoms with E-state index in [0.717, 1.165) is 18.6 Å². The van der Waals surface area contributed by atoms with Crippen LogP contribution < -0.4 is 14.2 Å².